The summed E-state index contributed by atoms with van der Waals surface area (Å²) in [4.78, 5) is 0. The Balaban J connectivity index is 1.38. The Morgan fingerprint density at radius 1 is 0.425 bits per heavy atom. The summed E-state index contributed by atoms with van der Waals surface area (Å²) in [6, 6.07) is 45.6. The van der Waals surface area contributed by atoms with Gasteiger partial charge in [0.25, 0.3) is 0 Å². The average molecular weight is 512 g/mol. The van der Waals surface area contributed by atoms with Crippen LogP contribution in [0.1, 0.15) is 5.56 Å². The highest BCUT2D eigenvalue weighted by Gasteiger charge is 2.17. The molecule has 8 aromatic rings. The predicted molar refractivity (Wildman–Crippen MR) is 162 cm³/mol. The Morgan fingerprint density at radius 3 is 1.95 bits per heavy atom. The molecule has 186 valence electrons. The van der Waals surface area contributed by atoms with E-state index in [1.807, 2.05) is 60.7 Å². The monoisotopic (exact) mass is 511 g/mol. The molecular formula is C37H21NO2. The molecule has 0 radical (unpaired) electrons. The standard InChI is InChI=1S/C37H21NO2/c38-22-23-7-5-8-26(19-23)32-20-24(25-16-18-36-33(21-25)29-10-2-3-13-34(29)39-36)15-17-27(32)30-11-6-12-31-28-9-1-4-14-35(28)40-37(30)31/h1-21H. The SMILES string of the molecule is N#Cc1cccc(-c2cc(-c3ccc4oc5ccccc5c4c3)ccc2-c2cccc3c2oc2ccccc23)c1. The van der Waals surface area contributed by atoms with Gasteiger partial charge in [0.15, 0.2) is 0 Å². The molecule has 40 heavy (non-hydrogen) atoms. The zero-order valence-electron chi connectivity index (χ0n) is 21.4. The first-order valence-electron chi connectivity index (χ1n) is 13.2. The van der Waals surface area contributed by atoms with E-state index in [-0.39, 0.29) is 0 Å². The maximum absolute atomic E-state index is 9.64. The highest BCUT2D eigenvalue weighted by atomic mass is 16.3. The van der Waals surface area contributed by atoms with E-state index in [1.54, 1.807) is 0 Å². The van der Waals surface area contributed by atoms with E-state index in [2.05, 4.69) is 72.8 Å². The van der Waals surface area contributed by atoms with Crippen LogP contribution in [0, 0.1) is 11.3 Å². The molecule has 0 spiro atoms. The van der Waals surface area contributed by atoms with Crippen LogP contribution >= 0.6 is 0 Å². The van der Waals surface area contributed by atoms with Crippen LogP contribution in [-0.4, -0.2) is 0 Å². The molecule has 0 saturated carbocycles. The maximum atomic E-state index is 9.64. The van der Waals surface area contributed by atoms with E-state index in [9.17, 15) is 5.26 Å². The van der Waals surface area contributed by atoms with Crippen molar-refractivity contribution in [3.8, 4) is 39.4 Å². The minimum absolute atomic E-state index is 0.627. The number of rotatable bonds is 3. The second-order valence-corrected chi connectivity index (χ2v) is 10.0. The van der Waals surface area contributed by atoms with Gasteiger partial charge in [-0.1, -0.05) is 84.9 Å². The van der Waals surface area contributed by atoms with Crippen LogP contribution in [0.5, 0.6) is 0 Å². The van der Waals surface area contributed by atoms with Gasteiger partial charge < -0.3 is 8.83 Å². The Hall–Kier alpha value is -5.59. The molecule has 8 rings (SSSR count). The maximum Gasteiger partial charge on any atom is 0.143 e. The van der Waals surface area contributed by atoms with Crippen molar-refractivity contribution < 1.29 is 8.83 Å². The molecule has 2 heterocycles. The first-order chi connectivity index (χ1) is 19.8. The third kappa shape index (κ3) is 3.44. The Labute approximate surface area is 230 Å². The molecule has 2 aromatic heterocycles. The molecule has 6 aromatic carbocycles. The zero-order chi connectivity index (χ0) is 26.6. The molecule has 0 saturated heterocycles. The minimum Gasteiger partial charge on any atom is -0.456 e. The van der Waals surface area contributed by atoms with Crippen LogP contribution in [0.3, 0.4) is 0 Å². The molecular weight excluding hydrogens is 490 g/mol. The van der Waals surface area contributed by atoms with Crippen molar-refractivity contribution in [1.82, 2.24) is 0 Å². The van der Waals surface area contributed by atoms with Gasteiger partial charge in [0, 0.05) is 27.1 Å². The fraction of sp³-hybridized carbons (Fsp3) is 0. The van der Waals surface area contributed by atoms with Gasteiger partial charge in [-0.15, -0.1) is 0 Å². The van der Waals surface area contributed by atoms with Crippen molar-refractivity contribution in [3.63, 3.8) is 0 Å². The number of hydrogen-bond acceptors (Lipinski definition) is 3. The van der Waals surface area contributed by atoms with Gasteiger partial charge in [-0.3, -0.25) is 0 Å². The van der Waals surface area contributed by atoms with E-state index >= 15 is 0 Å². The Kier molecular flexibility index (Phi) is 4.89. The average Bonchev–Trinajstić information content (AvgIpc) is 3.59. The number of para-hydroxylation sites is 3. The van der Waals surface area contributed by atoms with E-state index in [4.69, 9.17) is 8.83 Å². The molecule has 0 unspecified atom stereocenters. The van der Waals surface area contributed by atoms with Crippen LogP contribution in [-0.2, 0) is 0 Å². The molecule has 3 heteroatoms. The second-order valence-electron chi connectivity index (χ2n) is 10.0. The van der Waals surface area contributed by atoms with Gasteiger partial charge >= 0.3 is 0 Å². The lowest BCUT2D eigenvalue weighted by molar-refractivity contribution is 0.669. The molecule has 0 amide bonds. The van der Waals surface area contributed by atoms with Crippen LogP contribution in [0.15, 0.2) is 136 Å². The molecule has 0 N–H and O–H groups in total. The molecule has 0 bridgehead atoms. The lowest BCUT2D eigenvalue weighted by atomic mass is 9.89. The summed E-state index contributed by atoms with van der Waals surface area (Å²) in [6.45, 7) is 0. The van der Waals surface area contributed by atoms with Crippen molar-refractivity contribution >= 4 is 43.9 Å². The fourth-order valence-electron chi connectivity index (χ4n) is 5.82. The summed E-state index contributed by atoms with van der Waals surface area (Å²) in [5.74, 6) is 0. The third-order valence-electron chi connectivity index (χ3n) is 7.73. The van der Waals surface area contributed by atoms with Crippen molar-refractivity contribution in [3.05, 3.63) is 133 Å². The van der Waals surface area contributed by atoms with Gasteiger partial charge in [0.1, 0.15) is 22.3 Å². The second kappa shape index (κ2) is 8.73. The topological polar surface area (TPSA) is 50.1 Å². The molecule has 0 aliphatic carbocycles. The van der Waals surface area contributed by atoms with Crippen molar-refractivity contribution in [2.75, 3.05) is 0 Å². The van der Waals surface area contributed by atoms with Crippen molar-refractivity contribution in [1.29, 1.82) is 5.26 Å². The Bertz CT molecular complexity index is 2290. The van der Waals surface area contributed by atoms with Gasteiger partial charge in [0.05, 0.1) is 11.6 Å². The van der Waals surface area contributed by atoms with Gasteiger partial charge in [0.2, 0.25) is 0 Å². The predicted octanol–water partition coefficient (Wildman–Crippen LogP) is 10.4. The molecule has 3 nitrogen and oxygen atoms in total. The molecule has 0 aliphatic heterocycles. The number of furan rings is 2. The highest BCUT2D eigenvalue weighted by molar-refractivity contribution is 6.11. The zero-order valence-corrected chi connectivity index (χ0v) is 21.4. The number of nitrogens with zero attached hydrogens (tertiary/aromatic N) is 1. The van der Waals surface area contributed by atoms with Crippen LogP contribution < -0.4 is 0 Å². The summed E-state index contributed by atoms with van der Waals surface area (Å²) in [7, 11) is 0. The van der Waals surface area contributed by atoms with E-state index in [0.29, 0.717) is 5.56 Å². The summed E-state index contributed by atoms with van der Waals surface area (Å²) in [5.41, 5.74) is 10.4. The first kappa shape index (κ1) is 22.4. The highest BCUT2D eigenvalue weighted by Crippen LogP contribution is 2.42. The quantitative estimate of drug-likeness (QED) is 0.237. The van der Waals surface area contributed by atoms with Crippen molar-refractivity contribution in [2.24, 2.45) is 0 Å². The summed E-state index contributed by atoms with van der Waals surface area (Å²) in [6.07, 6.45) is 0. The van der Waals surface area contributed by atoms with Gasteiger partial charge in [-0.2, -0.15) is 5.26 Å². The van der Waals surface area contributed by atoms with Crippen molar-refractivity contribution in [2.45, 2.75) is 0 Å². The lowest BCUT2D eigenvalue weighted by Crippen LogP contribution is -1.89. The summed E-state index contributed by atoms with van der Waals surface area (Å²) < 4.78 is 12.5. The molecule has 0 atom stereocenters. The minimum atomic E-state index is 0.627. The number of hydrogen-bond donors (Lipinski definition) is 0. The fourth-order valence-corrected chi connectivity index (χ4v) is 5.82. The molecule has 0 fully saturated rings. The van der Waals surface area contributed by atoms with Gasteiger partial charge in [-0.05, 0) is 70.3 Å². The van der Waals surface area contributed by atoms with E-state index in [0.717, 1.165) is 77.3 Å². The number of benzene rings is 6. The Morgan fingerprint density at radius 2 is 1.10 bits per heavy atom. The summed E-state index contributed by atoms with van der Waals surface area (Å²) >= 11 is 0. The van der Waals surface area contributed by atoms with Crippen LogP contribution in [0.4, 0.5) is 0 Å². The van der Waals surface area contributed by atoms with E-state index in [1.165, 1.54) is 0 Å². The first-order valence-corrected chi connectivity index (χ1v) is 13.2. The largest absolute Gasteiger partial charge is 0.456 e. The number of fused-ring (bicyclic) bond motifs is 6. The third-order valence-corrected chi connectivity index (χ3v) is 7.73. The lowest BCUT2D eigenvalue weighted by Gasteiger charge is -2.14. The number of nitriles is 1. The molecule has 0 aliphatic rings. The summed E-state index contributed by atoms with van der Waals surface area (Å²) in [5, 5.41) is 14.0. The van der Waals surface area contributed by atoms with Crippen LogP contribution in [0.25, 0.3) is 77.3 Å². The van der Waals surface area contributed by atoms with Gasteiger partial charge in [-0.25, -0.2) is 0 Å². The smallest absolute Gasteiger partial charge is 0.143 e. The van der Waals surface area contributed by atoms with Crippen LogP contribution in [0.2, 0.25) is 0 Å². The van der Waals surface area contributed by atoms with E-state index < -0.39 is 0 Å². The normalized spacial score (nSPS) is 11.5.